The van der Waals surface area contributed by atoms with Crippen molar-refractivity contribution in [1.29, 1.82) is 0 Å². The van der Waals surface area contributed by atoms with Crippen molar-refractivity contribution in [2.24, 2.45) is 0 Å². The first kappa shape index (κ1) is 25.5. The zero-order valence-corrected chi connectivity index (χ0v) is 20.9. The first-order chi connectivity index (χ1) is 17.7. The predicted octanol–water partition coefficient (Wildman–Crippen LogP) is 4.26. The van der Waals surface area contributed by atoms with Crippen molar-refractivity contribution in [3.63, 3.8) is 0 Å². The number of benzene rings is 3. The number of hydrogen-bond acceptors (Lipinski definition) is 5. The highest BCUT2D eigenvalue weighted by atomic mass is 32.2. The zero-order chi connectivity index (χ0) is 26.4. The summed E-state index contributed by atoms with van der Waals surface area (Å²) in [5, 5.41) is 5.44. The van der Waals surface area contributed by atoms with E-state index in [4.69, 9.17) is 5.73 Å². The summed E-state index contributed by atoms with van der Waals surface area (Å²) >= 11 is 0. The number of anilines is 2. The summed E-state index contributed by atoms with van der Waals surface area (Å²) in [5.74, 6) is -0.511. The van der Waals surface area contributed by atoms with Gasteiger partial charge in [-0.15, -0.1) is 0 Å². The van der Waals surface area contributed by atoms with Gasteiger partial charge in [0.1, 0.15) is 0 Å². The van der Waals surface area contributed by atoms with Gasteiger partial charge in [0.25, 0.3) is 10.0 Å². The van der Waals surface area contributed by atoms with Crippen molar-refractivity contribution in [2.45, 2.75) is 18.4 Å². The standard InChI is InChI=1S/C28H26N4O4S/c1-20(33)30-18-22-6-4-7-23(16-22)24-8-5-9-25(17-24)37(35,36)32-15-14-21(19-32)12-13-28(34)31-27-11-3-2-10-26(27)29/h2-17,19H,18,29H2,1H3,(H,30,33)(H,31,34)/b13-12+. The topological polar surface area (TPSA) is 123 Å². The lowest BCUT2D eigenvalue weighted by Crippen LogP contribution is -2.18. The Morgan fingerprint density at radius 2 is 1.68 bits per heavy atom. The number of aromatic nitrogens is 1. The molecule has 4 aromatic rings. The molecule has 1 heterocycles. The molecule has 0 aliphatic carbocycles. The second-order valence-corrected chi connectivity index (χ2v) is 10.2. The van der Waals surface area contributed by atoms with Crippen molar-refractivity contribution in [1.82, 2.24) is 9.29 Å². The lowest BCUT2D eigenvalue weighted by atomic mass is 10.0. The Morgan fingerprint density at radius 1 is 0.946 bits per heavy atom. The Bertz CT molecular complexity index is 1590. The molecular weight excluding hydrogens is 488 g/mol. The van der Waals surface area contributed by atoms with Crippen molar-refractivity contribution >= 4 is 39.3 Å². The van der Waals surface area contributed by atoms with E-state index < -0.39 is 10.0 Å². The minimum Gasteiger partial charge on any atom is -0.397 e. The van der Waals surface area contributed by atoms with E-state index in [1.54, 1.807) is 42.5 Å². The van der Waals surface area contributed by atoms with Gasteiger partial charge >= 0.3 is 0 Å². The highest BCUT2D eigenvalue weighted by Gasteiger charge is 2.17. The largest absolute Gasteiger partial charge is 0.397 e. The van der Waals surface area contributed by atoms with Gasteiger partial charge in [0, 0.05) is 31.9 Å². The fourth-order valence-corrected chi connectivity index (χ4v) is 4.89. The molecule has 1 aromatic heterocycles. The molecule has 0 saturated carbocycles. The molecule has 0 aliphatic rings. The van der Waals surface area contributed by atoms with Crippen LogP contribution in [0.4, 0.5) is 11.4 Å². The van der Waals surface area contributed by atoms with Gasteiger partial charge in [-0.25, -0.2) is 12.4 Å². The molecule has 0 spiro atoms. The van der Waals surface area contributed by atoms with E-state index in [1.807, 2.05) is 30.3 Å². The van der Waals surface area contributed by atoms with Gasteiger partial charge in [0.15, 0.2) is 0 Å². The summed E-state index contributed by atoms with van der Waals surface area (Å²) < 4.78 is 27.7. The van der Waals surface area contributed by atoms with Crippen LogP contribution >= 0.6 is 0 Å². The van der Waals surface area contributed by atoms with Crippen molar-refractivity contribution in [3.05, 3.63) is 108 Å². The molecule has 0 bridgehead atoms. The van der Waals surface area contributed by atoms with Crippen LogP contribution in [0.5, 0.6) is 0 Å². The van der Waals surface area contributed by atoms with Crippen LogP contribution in [-0.2, 0) is 26.2 Å². The Hall–Kier alpha value is -4.63. The molecule has 4 N–H and O–H groups in total. The fraction of sp³-hybridized carbons (Fsp3) is 0.0714. The molecule has 0 atom stereocenters. The minimum atomic E-state index is -3.86. The summed E-state index contributed by atoms with van der Waals surface area (Å²) in [6.45, 7) is 1.84. The van der Waals surface area contributed by atoms with Gasteiger partial charge in [-0.05, 0) is 64.7 Å². The SMILES string of the molecule is CC(=O)NCc1cccc(-c2cccc(S(=O)(=O)n3ccc(/C=C/C(=O)Nc4ccccc4N)c3)c2)c1. The molecule has 0 radical (unpaired) electrons. The molecule has 0 fully saturated rings. The molecule has 0 unspecified atom stereocenters. The fourth-order valence-electron chi connectivity index (χ4n) is 3.64. The van der Waals surface area contributed by atoms with Crippen LogP contribution in [0.25, 0.3) is 17.2 Å². The molecule has 3 aromatic carbocycles. The third-order valence-corrected chi connectivity index (χ3v) is 7.18. The van der Waals surface area contributed by atoms with E-state index in [1.165, 1.54) is 37.5 Å². The van der Waals surface area contributed by atoms with Crippen LogP contribution in [-0.4, -0.2) is 24.2 Å². The van der Waals surface area contributed by atoms with E-state index in [9.17, 15) is 18.0 Å². The molecule has 9 heteroatoms. The Balaban J connectivity index is 1.51. The molecule has 2 amide bonds. The van der Waals surface area contributed by atoms with Gasteiger partial charge in [-0.3, -0.25) is 9.59 Å². The predicted molar refractivity (Wildman–Crippen MR) is 145 cm³/mol. The van der Waals surface area contributed by atoms with Crippen molar-refractivity contribution in [3.8, 4) is 11.1 Å². The number of carbonyl (C=O) groups is 2. The highest BCUT2D eigenvalue weighted by molar-refractivity contribution is 7.90. The second kappa shape index (κ2) is 11.0. The lowest BCUT2D eigenvalue weighted by molar-refractivity contribution is -0.119. The van der Waals surface area contributed by atoms with E-state index in [-0.39, 0.29) is 16.7 Å². The van der Waals surface area contributed by atoms with Crippen LogP contribution in [0.2, 0.25) is 0 Å². The number of hydrogen-bond donors (Lipinski definition) is 3. The van der Waals surface area contributed by atoms with Gasteiger partial charge in [-0.1, -0.05) is 42.5 Å². The molecule has 188 valence electrons. The van der Waals surface area contributed by atoms with E-state index in [0.29, 0.717) is 23.5 Å². The Labute approximate surface area is 215 Å². The minimum absolute atomic E-state index is 0.124. The van der Waals surface area contributed by atoms with E-state index >= 15 is 0 Å². The highest BCUT2D eigenvalue weighted by Crippen LogP contribution is 2.25. The number of carbonyl (C=O) groups excluding carboxylic acids is 2. The third kappa shape index (κ3) is 6.33. The van der Waals surface area contributed by atoms with Crippen LogP contribution < -0.4 is 16.4 Å². The summed E-state index contributed by atoms with van der Waals surface area (Å²) in [6.07, 6.45) is 5.71. The van der Waals surface area contributed by atoms with Gasteiger partial charge in [0.2, 0.25) is 11.8 Å². The number of nitrogens with one attached hydrogen (secondary N) is 2. The first-order valence-corrected chi connectivity index (χ1v) is 12.9. The monoisotopic (exact) mass is 514 g/mol. The smallest absolute Gasteiger partial charge is 0.267 e. The summed E-state index contributed by atoms with van der Waals surface area (Å²) in [6, 6.07) is 22.7. The van der Waals surface area contributed by atoms with Crippen molar-refractivity contribution < 1.29 is 18.0 Å². The summed E-state index contributed by atoms with van der Waals surface area (Å²) in [5.41, 5.74) is 9.80. The number of amides is 2. The molecule has 8 nitrogen and oxygen atoms in total. The second-order valence-electron chi connectivity index (χ2n) is 8.33. The lowest BCUT2D eigenvalue weighted by Gasteiger charge is -2.10. The normalized spacial score (nSPS) is 11.4. The summed E-state index contributed by atoms with van der Waals surface area (Å²) in [4.78, 5) is 23.6. The average Bonchev–Trinajstić information content (AvgIpc) is 3.38. The molecule has 0 aliphatic heterocycles. The molecule has 4 rings (SSSR count). The number of nitrogens with two attached hydrogens (primary N) is 1. The Morgan fingerprint density at radius 3 is 2.43 bits per heavy atom. The van der Waals surface area contributed by atoms with Crippen molar-refractivity contribution in [2.75, 3.05) is 11.1 Å². The number of nitrogens with zero attached hydrogens (tertiary/aromatic N) is 1. The average molecular weight is 515 g/mol. The van der Waals surface area contributed by atoms with Gasteiger partial charge < -0.3 is 16.4 Å². The number of para-hydroxylation sites is 2. The number of nitrogen functional groups attached to an aromatic ring is 1. The third-order valence-electron chi connectivity index (χ3n) is 5.55. The van der Waals surface area contributed by atoms with Gasteiger partial charge in [-0.2, -0.15) is 0 Å². The van der Waals surface area contributed by atoms with Crippen LogP contribution in [0.15, 0.2) is 102 Å². The maximum absolute atomic E-state index is 13.3. The maximum Gasteiger partial charge on any atom is 0.267 e. The zero-order valence-electron chi connectivity index (χ0n) is 20.1. The molecule has 0 saturated heterocycles. The molecule has 37 heavy (non-hydrogen) atoms. The van der Waals surface area contributed by atoms with Crippen LogP contribution in [0, 0.1) is 0 Å². The quantitative estimate of drug-likeness (QED) is 0.239. The number of rotatable bonds is 8. The maximum atomic E-state index is 13.3. The van der Waals surface area contributed by atoms with E-state index in [2.05, 4.69) is 10.6 Å². The first-order valence-electron chi connectivity index (χ1n) is 11.4. The summed E-state index contributed by atoms with van der Waals surface area (Å²) in [7, 11) is -3.86. The van der Waals surface area contributed by atoms with Crippen LogP contribution in [0.1, 0.15) is 18.1 Å². The molecular formula is C28H26N4O4S. The Kier molecular flexibility index (Phi) is 7.55. The van der Waals surface area contributed by atoms with Crippen LogP contribution in [0.3, 0.4) is 0 Å². The van der Waals surface area contributed by atoms with Gasteiger partial charge in [0.05, 0.1) is 16.3 Å². The van der Waals surface area contributed by atoms with E-state index in [0.717, 1.165) is 20.7 Å².